The molecule has 0 spiro atoms. The van der Waals surface area contributed by atoms with Crippen LogP contribution in [0.4, 0.5) is 0 Å². The van der Waals surface area contributed by atoms with E-state index in [0.29, 0.717) is 30.3 Å². The summed E-state index contributed by atoms with van der Waals surface area (Å²) in [6.45, 7) is 0.704. The predicted octanol–water partition coefficient (Wildman–Crippen LogP) is 2.06. The molecular formula is C22H24N4O3. The van der Waals surface area contributed by atoms with Crippen molar-refractivity contribution in [3.05, 3.63) is 59.7 Å². The molecule has 0 saturated carbocycles. The van der Waals surface area contributed by atoms with Crippen LogP contribution < -0.4 is 14.8 Å². The second-order valence-electron chi connectivity index (χ2n) is 7.03. The molecule has 2 heterocycles. The lowest BCUT2D eigenvalue weighted by Gasteiger charge is -2.29. The minimum atomic E-state index is -0.486. The van der Waals surface area contributed by atoms with Gasteiger partial charge in [-0.3, -0.25) is 9.79 Å². The summed E-state index contributed by atoms with van der Waals surface area (Å²) in [4.78, 5) is 23.7. The zero-order chi connectivity index (χ0) is 20.2. The molecule has 2 aliphatic heterocycles. The van der Waals surface area contributed by atoms with Crippen LogP contribution in [0.1, 0.15) is 11.1 Å². The molecule has 0 aromatic heterocycles. The van der Waals surface area contributed by atoms with E-state index in [1.54, 1.807) is 20.6 Å². The summed E-state index contributed by atoms with van der Waals surface area (Å²) < 4.78 is 10.7. The van der Waals surface area contributed by atoms with Gasteiger partial charge in [0.15, 0.2) is 23.7 Å². The van der Waals surface area contributed by atoms with Crippen molar-refractivity contribution in [3.63, 3.8) is 0 Å². The zero-order valence-corrected chi connectivity index (χ0v) is 16.5. The third kappa shape index (κ3) is 4.08. The molecule has 4 rings (SSSR count). The predicted molar refractivity (Wildman–Crippen MR) is 112 cm³/mol. The normalized spacial score (nSPS) is 20.1. The van der Waals surface area contributed by atoms with Gasteiger partial charge < -0.3 is 19.7 Å². The van der Waals surface area contributed by atoms with E-state index in [0.717, 1.165) is 17.5 Å². The SMILES string of the molecule is COc1ccc(CCN2C=NC3C(=O)NC(Cc4ccccc4)=NC32)cc1OC. The average Bonchev–Trinajstić information content (AvgIpc) is 3.16. The molecule has 0 aliphatic carbocycles. The van der Waals surface area contributed by atoms with Crippen LogP contribution >= 0.6 is 0 Å². The van der Waals surface area contributed by atoms with Gasteiger partial charge in [-0.1, -0.05) is 36.4 Å². The van der Waals surface area contributed by atoms with E-state index in [9.17, 15) is 4.79 Å². The Bertz CT molecular complexity index is 942. The lowest BCUT2D eigenvalue weighted by Crippen LogP contribution is -2.52. The third-order valence-electron chi connectivity index (χ3n) is 5.14. The Morgan fingerprint density at radius 1 is 1.03 bits per heavy atom. The van der Waals surface area contributed by atoms with Gasteiger partial charge in [-0.2, -0.15) is 0 Å². The highest BCUT2D eigenvalue weighted by molar-refractivity contribution is 6.04. The molecule has 2 aromatic carbocycles. The van der Waals surface area contributed by atoms with E-state index in [2.05, 4.69) is 10.3 Å². The van der Waals surface area contributed by atoms with Gasteiger partial charge in [0.05, 0.1) is 20.6 Å². The number of benzene rings is 2. The Hall–Kier alpha value is -3.35. The lowest BCUT2D eigenvalue weighted by atomic mass is 10.1. The van der Waals surface area contributed by atoms with Crippen molar-refractivity contribution < 1.29 is 14.3 Å². The Morgan fingerprint density at radius 3 is 2.59 bits per heavy atom. The number of ether oxygens (including phenoxy) is 2. The smallest absolute Gasteiger partial charge is 0.254 e. The summed E-state index contributed by atoms with van der Waals surface area (Å²) in [6, 6.07) is 15.4. The van der Waals surface area contributed by atoms with E-state index in [4.69, 9.17) is 14.5 Å². The van der Waals surface area contributed by atoms with E-state index in [-0.39, 0.29) is 12.1 Å². The molecule has 29 heavy (non-hydrogen) atoms. The Morgan fingerprint density at radius 2 is 1.83 bits per heavy atom. The quantitative estimate of drug-likeness (QED) is 0.783. The molecule has 0 fully saturated rings. The van der Waals surface area contributed by atoms with Gasteiger partial charge in [-0.25, -0.2) is 4.99 Å². The molecular weight excluding hydrogens is 368 g/mol. The Labute approximate surface area is 170 Å². The first-order valence-corrected chi connectivity index (χ1v) is 9.59. The number of carbonyl (C=O) groups is 1. The van der Waals surface area contributed by atoms with Gasteiger partial charge in [-0.15, -0.1) is 0 Å². The van der Waals surface area contributed by atoms with Crippen LogP contribution in [0.3, 0.4) is 0 Å². The van der Waals surface area contributed by atoms with E-state index >= 15 is 0 Å². The Balaban J connectivity index is 1.45. The largest absolute Gasteiger partial charge is 0.493 e. The van der Waals surface area contributed by atoms with Crippen molar-refractivity contribution in [2.24, 2.45) is 9.98 Å². The van der Waals surface area contributed by atoms with Crippen molar-refractivity contribution in [1.82, 2.24) is 10.2 Å². The maximum Gasteiger partial charge on any atom is 0.254 e. The highest BCUT2D eigenvalue weighted by Gasteiger charge is 2.39. The number of nitrogens with one attached hydrogen (secondary N) is 1. The summed E-state index contributed by atoms with van der Waals surface area (Å²) in [5, 5.41) is 2.90. The summed E-state index contributed by atoms with van der Waals surface area (Å²) in [5.74, 6) is 2.00. The molecule has 2 atom stereocenters. The summed E-state index contributed by atoms with van der Waals surface area (Å²) in [6.07, 6.45) is 2.83. The number of rotatable bonds is 7. The number of hydrogen-bond donors (Lipinski definition) is 1. The maximum atomic E-state index is 12.5. The molecule has 1 amide bonds. The molecule has 2 aromatic rings. The average molecular weight is 392 g/mol. The van der Waals surface area contributed by atoms with Crippen molar-refractivity contribution in [1.29, 1.82) is 0 Å². The summed E-state index contributed by atoms with van der Waals surface area (Å²) >= 11 is 0. The minimum Gasteiger partial charge on any atom is -0.493 e. The fourth-order valence-electron chi connectivity index (χ4n) is 3.60. The maximum absolute atomic E-state index is 12.5. The standard InChI is InChI=1S/C22H24N4O3/c1-28-17-9-8-16(12-18(17)29-2)10-11-26-14-23-20-21(26)24-19(25-22(20)27)13-15-6-4-3-5-7-15/h3-9,12,14,20-21H,10-11,13H2,1-2H3,(H,24,25,27). The zero-order valence-electron chi connectivity index (χ0n) is 16.5. The number of methoxy groups -OCH3 is 2. The molecule has 7 heteroatoms. The Kier molecular flexibility index (Phi) is 5.46. The van der Waals surface area contributed by atoms with E-state index in [1.807, 2.05) is 53.4 Å². The van der Waals surface area contributed by atoms with Gasteiger partial charge in [0, 0.05) is 13.0 Å². The van der Waals surface area contributed by atoms with Gasteiger partial charge >= 0.3 is 0 Å². The van der Waals surface area contributed by atoms with Gasteiger partial charge in [0.1, 0.15) is 5.84 Å². The van der Waals surface area contributed by atoms with Crippen LogP contribution in [0.5, 0.6) is 11.5 Å². The third-order valence-corrected chi connectivity index (χ3v) is 5.14. The highest BCUT2D eigenvalue weighted by Crippen LogP contribution is 2.28. The number of carbonyl (C=O) groups excluding carboxylic acids is 1. The van der Waals surface area contributed by atoms with Crippen LogP contribution in [0.15, 0.2) is 58.5 Å². The van der Waals surface area contributed by atoms with Gasteiger partial charge in [-0.05, 0) is 29.7 Å². The monoisotopic (exact) mass is 392 g/mol. The van der Waals surface area contributed by atoms with Crippen LogP contribution in [-0.2, 0) is 17.6 Å². The molecule has 2 unspecified atom stereocenters. The topological polar surface area (TPSA) is 75.5 Å². The van der Waals surface area contributed by atoms with Crippen LogP contribution in [0, 0.1) is 0 Å². The van der Waals surface area contributed by atoms with Crippen LogP contribution in [0.2, 0.25) is 0 Å². The van der Waals surface area contributed by atoms with Crippen molar-refractivity contribution in [2.75, 3.05) is 20.8 Å². The van der Waals surface area contributed by atoms with Gasteiger partial charge in [0.25, 0.3) is 5.91 Å². The van der Waals surface area contributed by atoms with E-state index < -0.39 is 6.04 Å². The van der Waals surface area contributed by atoms with E-state index in [1.165, 1.54) is 0 Å². The molecule has 2 aliphatic rings. The van der Waals surface area contributed by atoms with Crippen molar-refractivity contribution >= 4 is 18.1 Å². The number of fused-ring (bicyclic) bond motifs is 1. The second-order valence-corrected chi connectivity index (χ2v) is 7.03. The molecule has 1 N–H and O–H groups in total. The van der Waals surface area contributed by atoms with Crippen LogP contribution in [0.25, 0.3) is 0 Å². The second kappa shape index (κ2) is 8.34. The fraction of sp³-hybridized carbons (Fsp3) is 0.318. The molecule has 0 radical (unpaired) electrons. The molecule has 0 saturated heterocycles. The minimum absolute atomic E-state index is 0.0965. The van der Waals surface area contributed by atoms with Crippen LogP contribution in [-0.4, -0.2) is 56.0 Å². The summed E-state index contributed by atoms with van der Waals surface area (Å²) in [5.41, 5.74) is 2.23. The molecule has 0 bridgehead atoms. The first-order chi connectivity index (χ1) is 14.2. The fourth-order valence-corrected chi connectivity index (χ4v) is 3.60. The van der Waals surface area contributed by atoms with Gasteiger partial charge in [0.2, 0.25) is 0 Å². The first-order valence-electron chi connectivity index (χ1n) is 9.59. The number of hydrogen-bond acceptors (Lipinski definition) is 6. The molecule has 150 valence electrons. The van der Waals surface area contributed by atoms with Crippen molar-refractivity contribution in [3.8, 4) is 11.5 Å². The number of amides is 1. The number of nitrogens with zero attached hydrogens (tertiary/aromatic N) is 3. The highest BCUT2D eigenvalue weighted by atomic mass is 16.5. The first kappa shape index (κ1) is 19.0. The lowest BCUT2D eigenvalue weighted by molar-refractivity contribution is -0.122. The molecule has 7 nitrogen and oxygen atoms in total. The number of aliphatic imine (C=N–C) groups is 2. The summed E-state index contributed by atoms with van der Waals surface area (Å²) in [7, 11) is 3.25. The van der Waals surface area contributed by atoms with Crippen molar-refractivity contribution in [2.45, 2.75) is 25.0 Å². The number of amidine groups is 1.